The van der Waals surface area contributed by atoms with E-state index >= 15 is 0 Å². The number of benzene rings is 1. The zero-order valence-corrected chi connectivity index (χ0v) is 11.5. The predicted octanol–water partition coefficient (Wildman–Crippen LogP) is 3.72. The fourth-order valence-electron chi connectivity index (χ4n) is 2.07. The van der Waals surface area contributed by atoms with Gasteiger partial charge in [-0.15, -0.1) is 11.3 Å². The molecule has 0 atom stereocenters. The maximum Gasteiger partial charge on any atom is 0.272 e. The Morgan fingerprint density at radius 2 is 1.90 bits per heavy atom. The summed E-state index contributed by atoms with van der Waals surface area (Å²) >= 11 is 1.35. The summed E-state index contributed by atoms with van der Waals surface area (Å²) in [6.07, 6.45) is 0. The summed E-state index contributed by atoms with van der Waals surface area (Å²) in [5.41, 5.74) is 1.51. The molecule has 102 valence electrons. The first-order chi connectivity index (χ1) is 10.3. The van der Waals surface area contributed by atoms with E-state index in [1.165, 1.54) is 11.3 Å². The Balaban J connectivity index is 1.79. The molecular formula is C15H9N3O2S. The first kappa shape index (κ1) is 12.0. The van der Waals surface area contributed by atoms with Crippen molar-refractivity contribution >= 4 is 22.2 Å². The average molecular weight is 295 g/mol. The lowest BCUT2D eigenvalue weighted by atomic mass is 10.2. The monoisotopic (exact) mass is 295 g/mol. The Morgan fingerprint density at radius 1 is 1.00 bits per heavy atom. The quantitative estimate of drug-likeness (QED) is 0.610. The highest BCUT2D eigenvalue weighted by atomic mass is 32.1. The standard InChI is InChI=1S/C15H9N3O2S/c19-12-7-8-21-13(12)15-17-14(18-20-15)11-6-5-9-3-1-2-4-10(9)16-11/h1-8,19H. The summed E-state index contributed by atoms with van der Waals surface area (Å²) in [6.45, 7) is 0. The van der Waals surface area contributed by atoms with Gasteiger partial charge in [0.25, 0.3) is 5.89 Å². The van der Waals surface area contributed by atoms with Crippen LogP contribution in [0.3, 0.4) is 0 Å². The zero-order chi connectivity index (χ0) is 14.2. The lowest BCUT2D eigenvalue weighted by Crippen LogP contribution is -1.86. The van der Waals surface area contributed by atoms with Crippen molar-refractivity contribution in [1.29, 1.82) is 0 Å². The van der Waals surface area contributed by atoms with Crippen LogP contribution in [-0.2, 0) is 0 Å². The van der Waals surface area contributed by atoms with E-state index in [1.807, 2.05) is 36.4 Å². The van der Waals surface area contributed by atoms with E-state index in [0.29, 0.717) is 22.3 Å². The number of fused-ring (bicyclic) bond motifs is 1. The Labute approximate surface area is 123 Å². The van der Waals surface area contributed by atoms with Crippen LogP contribution in [0.15, 0.2) is 52.4 Å². The normalized spacial score (nSPS) is 11.0. The molecule has 0 saturated carbocycles. The lowest BCUT2D eigenvalue weighted by Gasteiger charge is -1.98. The molecule has 3 heterocycles. The van der Waals surface area contributed by atoms with Crippen molar-refractivity contribution in [2.45, 2.75) is 0 Å². The molecular weight excluding hydrogens is 286 g/mol. The summed E-state index contributed by atoms with van der Waals surface area (Å²) in [5.74, 6) is 0.845. The topological polar surface area (TPSA) is 72.0 Å². The molecule has 0 bridgehead atoms. The van der Waals surface area contributed by atoms with E-state index in [9.17, 15) is 5.11 Å². The van der Waals surface area contributed by atoms with Gasteiger partial charge in [-0.3, -0.25) is 0 Å². The molecule has 0 aliphatic carbocycles. The fraction of sp³-hybridized carbons (Fsp3) is 0. The number of hydrogen-bond donors (Lipinski definition) is 1. The summed E-state index contributed by atoms with van der Waals surface area (Å²) in [5, 5.41) is 16.5. The molecule has 21 heavy (non-hydrogen) atoms. The predicted molar refractivity (Wildman–Crippen MR) is 80.0 cm³/mol. The Morgan fingerprint density at radius 3 is 2.76 bits per heavy atom. The molecule has 0 aliphatic heterocycles. The van der Waals surface area contributed by atoms with Crippen LogP contribution in [0.25, 0.3) is 33.2 Å². The second kappa shape index (κ2) is 4.68. The first-order valence-corrected chi connectivity index (χ1v) is 7.16. The summed E-state index contributed by atoms with van der Waals surface area (Å²) < 4.78 is 5.21. The third kappa shape index (κ3) is 2.05. The van der Waals surface area contributed by atoms with E-state index in [0.717, 1.165) is 10.9 Å². The van der Waals surface area contributed by atoms with Crippen LogP contribution in [-0.4, -0.2) is 20.2 Å². The number of aromatic nitrogens is 3. The summed E-state index contributed by atoms with van der Waals surface area (Å²) in [4.78, 5) is 9.38. The summed E-state index contributed by atoms with van der Waals surface area (Å²) in [7, 11) is 0. The molecule has 0 aliphatic rings. The van der Waals surface area contributed by atoms with Crippen LogP contribution >= 0.6 is 11.3 Å². The number of nitrogens with zero attached hydrogens (tertiary/aromatic N) is 3. The summed E-state index contributed by atoms with van der Waals surface area (Å²) in [6, 6.07) is 13.3. The minimum absolute atomic E-state index is 0.140. The van der Waals surface area contributed by atoms with Crippen LogP contribution in [0.2, 0.25) is 0 Å². The van der Waals surface area contributed by atoms with Gasteiger partial charge in [-0.2, -0.15) is 4.98 Å². The molecule has 1 N–H and O–H groups in total. The van der Waals surface area contributed by atoms with Crippen LogP contribution in [0.1, 0.15) is 0 Å². The van der Waals surface area contributed by atoms with E-state index in [1.54, 1.807) is 11.4 Å². The van der Waals surface area contributed by atoms with Crippen molar-refractivity contribution in [3.05, 3.63) is 47.8 Å². The number of pyridine rings is 1. The number of thiophene rings is 1. The van der Waals surface area contributed by atoms with Crippen LogP contribution in [0.4, 0.5) is 0 Å². The van der Waals surface area contributed by atoms with Crippen molar-refractivity contribution in [2.24, 2.45) is 0 Å². The van der Waals surface area contributed by atoms with Gasteiger partial charge in [-0.05, 0) is 23.6 Å². The molecule has 0 saturated heterocycles. The molecule has 0 unspecified atom stereocenters. The molecule has 0 amide bonds. The van der Waals surface area contributed by atoms with Crippen LogP contribution in [0, 0.1) is 0 Å². The number of para-hydroxylation sites is 1. The van der Waals surface area contributed by atoms with Crippen molar-refractivity contribution < 1.29 is 9.63 Å². The molecule has 0 fully saturated rings. The molecule has 1 aromatic carbocycles. The highest BCUT2D eigenvalue weighted by Gasteiger charge is 2.16. The molecule has 6 heteroatoms. The van der Waals surface area contributed by atoms with Gasteiger partial charge in [-0.1, -0.05) is 29.4 Å². The number of hydrogen-bond acceptors (Lipinski definition) is 6. The number of rotatable bonds is 2. The maximum atomic E-state index is 9.69. The fourth-order valence-corrected chi connectivity index (χ4v) is 2.78. The molecule has 5 nitrogen and oxygen atoms in total. The Bertz CT molecular complexity index is 929. The molecule has 0 spiro atoms. The van der Waals surface area contributed by atoms with E-state index in [2.05, 4.69) is 15.1 Å². The second-order valence-electron chi connectivity index (χ2n) is 4.45. The van der Waals surface area contributed by atoms with Gasteiger partial charge in [0.15, 0.2) is 0 Å². The van der Waals surface area contributed by atoms with E-state index in [4.69, 9.17) is 4.52 Å². The van der Waals surface area contributed by atoms with Crippen molar-refractivity contribution in [2.75, 3.05) is 0 Å². The molecule has 4 rings (SSSR count). The molecule has 4 aromatic rings. The largest absolute Gasteiger partial charge is 0.506 e. The third-order valence-electron chi connectivity index (χ3n) is 3.09. The highest BCUT2D eigenvalue weighted by Crippen LogP contribution is 2.34. The zero-order valence-electron chi connectivity index (χ0n) is 10.7. The highest BCUT2D eigenvalue weighted by molar-refractivity contribution is 7.13. The smallest absolute Gasteiger partial charge is 0.272 e. The maximum absolute atomic E-state index is 9.69. The van der Waals surface area contributed by atoms with E-state index in [-0.39, 0.29) is 5.75 Å². The van der Waals surface area contributed by atoms with Crippen LogP contribution < -0.4 is 0 Å². The Kier molecular flexibility index (Phi) is 2.68. The van der Waals surface area contributed by atoms with Gasteiger partial charge in [0.05, 0.1) is 5.52 Å². The van der Waals surface area contributed by atoms with Gasteiger partial charge in [0, 0.05) is 5.39 Å². The average Bonchev–Trinajstić information content (AvgIpc) is 3.15. The molecule has 3 aromatic heterocycles. The van der Waals surface area contributed by atoms with Gasteiger partial charge in [0.1, 0.15) is 16.3 Å². The van der Waals surface area contributed by atoms with Gasteiger partial charge >= 0.3 is 0 Å². The van der Waals surface area contributed by atoms with Crippen molar-refractivity contribution in [3.63, 3.8) is 0 Å². The van der Waals surface area contributed by atoms with Gasteiger partial charge in [0.2, 0.25) is 5.82 Å². The lowest BCUT2D eigenvalue weighted by molar-refractivity contribution is 0.427. The van der Waals surface area contributed by atoms with Gasteiger partial charge in [-0.25, -0.2) is 4.98 Å². The van der Waals surface area contributed by atoms with Crippen LogP contribution in [0.5, 0.6) is 5.75 Å². The Hall–Kier alpha value is -2.73. The second-order valence-corrected chi connectivity index (χ2v) is 5.36. The third-order valence-corrected chi connectivity index (χ3v) is 3.98. The van der Waals surface area contributed by atoms with E-state index < -0.39 is 0 Å². The van der Waals surface area contributed by atoms with Crippen molar-refractivity contribution in [1.82, 2.24) is 15.1 Å². The first-order valence-electron chi connectivity index (χ1n) is 6.28. The number of aromatic hydroxyl groups is 1. The molecule has 0 radical (unpaired) electrons. The minimum Gasteiger partial charge on any atom is -0.506 e. The minimum atomic E-state index is 0.140. The SMILES string of the molecule is Oc1ccsc1-c1nc(-c2ccc3ccccc3n2)no1. The van der Waals surface area contributed by atoms with Crippen molar-refractivity contribution in [3.8, 4) is 28.0 Å². The van der Waals surface area contributed by atoms with Gasteiger partial charge < -0.3 is 9.63 Å².